The van der Waals surface area contributed by atoms with Crippen LogP contribution in [-0.4, -0.2) is 60.7 Å². The SMILES string of the molecule is CC(C)C1CN(C(=O)Nc2ccc3c(c2)OCCO3)CCN1C(=Nc1cccc(Cl)c1Cl)NC#N. The third kappa shape index (κ3) is 5.66. The second-order valence-corrected chi connectivity index (χ2v) is 9.27. The molecule has 1 unspecified atom stereocenters. The fraction of sp³-hybridized carbons (Fsp3) is 0.375. The van der Waals surface area contributed by atoms with Crippen LogP contribution in [0.4, 0.5) is 16.2 Å². The number of carbonyl (C=O) groups excluding carboxylic acids is 1. The summed E-state index contributed by atoms with van der Waals surface area (Å²) in [5.41, 5.74) is 1.09. The molecule has 2 aromatic rings. The molecule has 2 aliphatic heterocycles. The quantitative estimate of drug-likeness (QED) is 0.265. The molecule has 2 amide bonds. The Balaban J connectivity index is 1.50. The highest BCUT2D eigenvalue weighted by Crippen LogP contribution is 2.34. The van der Waals surface area contributed by atoms with Gasteiger partial charge in [0.2, 0.25) is 5.96 Å². The van der Waals surface area contributed by atoms with E-state index < -0.39 is 0 Å². The van der Waals surface area contributed by atoms with E-state index >= 15 is 0 Å². The second-order valence-electron chi connectivity index (χ2n) is 8.48. The van der Waals surface area contributed by atoms with Crippen LogP contribution in [0.2, 0.25) is 10.0 Å². The summed E-state index contributed by atoms with van der Waals surface area (Å²) in [6, 6.07) is 10.2. The smallest absolute Gasteiger partial charge is 0.321 e. The van der Waals surface area contributed by atoms with Gasteiger partial charge in [-0.25, -0.2) is 9.79 Å². The highest BCUT2D eigenvalue weighted by atomic mass is 35.5. The van der Waals surface area contributed by atoms with Gasteiger partial charge in [0, 0.05) is 31.4 Å². The number of halogens is 2. The zero-order valence-corrected chi connectivity index (χ0v) is 20.9. The van der Waals surface area contributed by atoms with Gasteiger partial charge < -0.3 is 24.6 Å². The standard InChI is InChI=1S/C24H26Cl2N6O3/c1-15(2)19-13-31(24(33)29-16-6-7-20-21(12-16)35-11-10-34-20)8-9-32(19)23(28-14-27)30-18-5-3-4-17(25)22(18)26/h3-7,12,15,19H,8-11,13H2,1-2H3,(H,28,30)(H,29,33). The van der Waals surface area contributed by atoms with E-state index in [1.54, 1.807) is 41.3 Å². The van der Waals surface area contributed by atoms with E-state index in [4.69, 9.17) is 32.7 Å². The van der Waals surface area contributed by atoms with Crippen LogP contribution in [0, 0.1) is 17.4 Å². The van der Waals surface area contributed by atoms with Crippen molar-refractivity contribution in [2.24, 2.45) is 10.9 Å². The molecular formula is C24H26Cl2N6O3. The van der Waals surface area contributed by atoms with Crippen molar-refractivity contribution in [2.45, 2.75) is 19.9 Å². The van der Waals surface area contributed by atoms with Crippen LogP contribution in [0.25, 0.3) is 0 Å². The molecule has 2 aromatic carbocycles. The van der Waals surface area contributed by atoms with Gasteiger partial charge in [-0.05, 0) is 30.2 Å². The largest absolute Gasteiger partial charge is 0.486 e. The van der Waals surface area contributed by atoms with Crippen LogP contribution in [0.15, 0.2) is 41.4 Å². The van der Waals surface area contributed by atoms with Crippen molar-refractivity contribution in [2.75, 3.05) is 38.2 Å². The molecule has 1 saturated heterocycles. The van der Waals surface area contributed by atoms with Crippen LogP contribution in [0.3, 0.4) is 0 Å². The molecule has 2 N–H and O–H groups in total. The topological polar surface area (TPSA) is 102 Å². The molecule has 184 valence electrons. The molecule has 11 heteroatoms. The lowest BCUT2D eigenvalue weighted by atomic mass is 10.00. The molecule has 0 aliphatic carbocycles. The summed E-state index contributed by atoms with van der Waals surface area (Å²) in [6.07, 6.45) is 1.96. The zero-order valence-electron chi connectivity index (χ0n) is 19.4. The van der Waals surface area contributed by atoms with E-state index in [1.165, 1.54) is 0 Å². The number of nitriles is 1. The molecule has 2 heterocycles. The number of amides is 2. The Kier molecular flexibility index (Phi) is 7.73. The maximum Gasteiger partial charge on any atom is 0.321 e. The first-order valence-corrected chi connectivity index (χ1v) is 12.0. The molecule has 0 radical (unpaired) electrons. The van der Waals surface area contributed by atoms with Gasteiger partial charge in [0.25, 0.3) is 0 Å². The van der Waals surface area contributed by atoms with Gasteiger partial charge in [-0.3, -0.25) is 5.32 Å². The number of ether oxygens (including phenoxy) is 2. The third-order valence-electron chi connectivity index (χ3n) is 5.87. The molecular weight excluding hydrogens is 491 g/mol. The molecule has 2 aliphatic rings. The van der Waals surface area contributed by atoms with Crippen molar-refractivity contribution in [1.29, 1.82) is 5.26 Å². The number of carbonyl (C=O) groups is 1. The first-order valence-electron chi connectivity index (χ1n) is 11.3. The Morgan fingerprint density at radius 3 is 2.69 bits per heavy atom. The van der Waals surface area contributed by atoms with E-state index in [1.807, 2.05) is 11.1 Å². The Morgan fingerprint density at radius 2 is 1.94 bits per heavy atom. The molecule has 0 saturated carbocycles. The summed E-state index contributed by atoms with van der Waals surface area (Å²) in [5.74, 6) is 1.81. The first kappa shape index (κ1) is 24.8. The predicted molar refractivity (Wildman–Crippen MR) is 136 cm³/mol. The maximum atomic E-state index is 13.1. The molecule has 1 atom stereocenters. The van der Waals surface area contributed by atoms with E-state index in [0.717, 1.165) is 0 Å². The third-order valence-corrected chi connectivity index (χ3v) is 6.68. The van der Waals surface area contributed by atoms with Crippen molar-refractivity contribution in [1.82, 2.24) is 15.1 Å². The number of urea groups is 1. The Morgan fingerprint density at radius 1 is 1.17 bits per heavy atom. The number of anilines is 1. The van der Waals surface area contributed by atoms with Gasteiger partial charge >= 0.3 is 6.03 Å². The summed E-state index contributed by atoms with van der Waals surface area (Å²) in [4.78, 5) is 21.4. The minimum absolute atomic E-state index is 0.0904. The zero-order chi connectivity index (χ0) is 24.9. The Hall–Kier alpha value is -3.35. The first-order chi connectivity index (χ1) is 16.9. The van der Waals surface area contributed by atoms with E-state index in [-0.39, 0.29) is 18.0 Å². The van der Waals surface area contributed by atoms with Gasteiger partial charge in [0.1, 0.15) is 13.2 Å². The number of guanidine groups is 1. The van der Waals surface area contributed by atoms with E-state index in [2.05, 4.69) is 29.5 Å². The number of fused-ring (bicyclic) bond motifs is 1. The summed E-state index contributed by atoms with van der Waals surface area (Å²) in [6.45, 7) is 6.48. The summed E-state index contributed by atoms with van der Waals surface area (Å²) in [5, 5.41) is 15.7. The molecule has 0 bridgehead atoms. The van der Waals surface area contributed by atoms with Crippen LogP contribution < -0.4 is 20.1 Å². The normalized spacial score (nSPS) is 17.7. The maximum absolute atomic E-state index is 13.1. The molecule has 1 fully saturated rings. The van der Waals surface area contributed by atoms with Crippen molar-refractivity contribution in [3.05, 3.63) is 46.4 Å². The highest BCUT2D eigenvalue weighted by Gasteiger charge is 2.34. The predicted octanol–water partition coefficient (Wildman–Crippen LogP) is 4.70. The van der Waals surface area contributed by atoms with Crippen LogP contribution >= 0.6 is 23.2 Å². The van der Waals surface area contributed by atoms with Gasteiger partial charge in [-0.1, -0.05) is 43.1 Å². The average Bonchev–Trinajstić information content (AvgIpc) is 2.86. The summed E-state index contributed by atoms with van der Waals surface area (Å²) < 4.78 is 11.1. The average molecular weight is 517 g/mol. The lowest BCUT2D eigenvalue weighted by molar-refractivity contribution is 0.118. The minimum Gasteiger partial charge on any atom is -0.486 e. The number of nitrogens with one attached hydrogen (secondary N) is 2. The van der Waals surface area contributed by atoms with Crippen LogP contribution in [-0.2, 0) is 0 Å². The van der Waals surface area contributed by atoms with Crippen LogP contribution in [0.1, 0.15) is 13.8 Å². The van der Waals surface area contributed by atoms with Crippen molar-refractivity contribution in [3.8, 4) is 17.7 Å². The van der Waals surface area contributed by atoms with Gasteiger partial charge in [-0.2, -0.15) is 5.26 Å². The van der Waals surface area contributed by atoms with Crippen molar-refractivity contribution >= 4 is 46.6 Å². The molecule has 35 heavy (non-hydrogen) atoms. The fourth-order valence-corrected chi connectivity index (χ4v) is 4.40. The highest BCUT2D eigenvalue weighted by molar-refractivity contribution is 6.43. The lowest BCUT2D eigenvalue weighted by Crippen LogP contribution is -2.60. The van der Waals surface area contributed by atoms with E-state index in [9.17, 15) is 10.1 Å². The fourth-order valence-electron chi connectivity index (χ4n) is 4.06. The number of aliphatic imine (C=N–C) groups is 1. The van der Waals surface area contributed by atoms with Crippen molar-refractivity contribution in [3.63, 3.8) is 0 Å². The summed E-state index contributed by atoms with van der Waals surface area (Å²) in [7, 11) is 0. The summed E-state index contributed by atoms with van der Waals surface area (Å²) >= 11 is 12.4. The van der Waals surface area contributed by atoms with Gasteiger partial charge in [0.15, 0.2) is 17.7 Å². The lowest BCUT2D eigenvalue weighted by Gasteiger charge is -2.44. The molecule has 0 spiro atoms. The number of rotatable bonds is 3. The second kappa shape index (κ2) is 10.9. The molecule has 9 nitrogen and oxygen atoms in total. The van der Waals surface area contributed by atoms with E-state index in [0.29, 0.717) is 71.7 Å². The number of piperazine rings is 1. The molecule has 4 rings (SSSR count). The van der Waals surface area contributed by atoms with Crippen LogP contribution in [0.5, 0.6) is 11.5 Å². The number of hydrogen-bond acceptors (Lipinski definition) is 5. The van der Waals surface area contributed by atoms with Gasteiger partial charge in [-0.15, -0.1) is 0 Å². The van der Waals surface area contributed by atoms with Crippen molar-refractivity contribution < 1.29 is 14.3 Å². The number of hydrogen-bond donors (Lipinski definition) is 2. The number of benzene rings is 2. The molecule has 0 aromatic heterocycles. The Labute approximate surface area is 214 Å². The minimum atomic E-state index is -0.211. The van der Waals surface area contributed by atoms with Gasteiger partial charge in [0.05, 0.1) is 21.8 Å². The Bertz CT molecular complexity index is 1170. The number of nitrogens with zero attached hydrogens (tertiary/aromatic N) is 4. The monoisotopic (exact) mass is 516 g/mol.